The molecule has 0 saturated carbocycles. The molecule has 1 amide bonds. The molecule has 6 heteroatoms. The Morgan fingerprint density at radius 2 is 2.05 bits per heavy atom. The summed E-state index contributed by atoms with van der Waals surface area (Å²) in [6.45, 7) is 4.75. The van der Waals surface area contributed by atoms with Gasteiger partial charge >= 0.3 is 0 Å². The molecular weight excluding hydrogens is 296 g/mol. The Morgan fingerprint density at radius 1 is 1.23 bits per heavy atom. The van der Waals surface area contributed by atoms with Gasteiger partial charge in [-0.2, -0.15) is 0 Å². The molecular formula is C16H16N4OS. The summed E-state index contributed by atoms with van der Waals surface area (Å²) < 4.78 is 1.06. The molecule has 2 N–H and O–H groups in total. The van der Waals surface area contributed by atoms with Gasteiger partial charge in [-0.05, 0) is 19.1 Å². The zero-order valence-electron chi connectivity index (χ0n) is 12.4. The molecule has 3 heterocycles. The predicted molar refractivity (Wildman–Crippen MR) is 92.7 cm³/mol. The molecule has 1 aromatic carbocycles. The van der Waals surface area contributed by atoms with Crippen molar-refractivity contribution in [2.45, 2.75) is 19.9 Å². The van der Waals surface area contributed by atoms with Crippen LogP contribution in [0.25, 0.3) is 10.1 Å². The van der Waals surface area contributed by atoms with Gasteiger partial charge < -0.3 is 10.6 Å². The quantitative estimate of drug-likeness (QED) is 0.782. The van der Waals surface area contributed by atoms with E-state index in [2.05, 4.69) is 27.5 Å². The van der Waals surface area contributed by atoms with Crippen LogP contribution in [-0.2, 0) is 0 Å². The molecule has 2 unspecified atom stereocenters. The Hall–Kier alpha value is -2.21. The maximum absolute atomic E-state index is 12.4. The Balaban J connectivity index is 2.00. The number of nitrogens with zero attached hydrogens (tertiary/aromatic N) is 2. The summed E-state index contributed by atoms with van der Waals surface area (Å²) in [7, 11) is 0. The lowest BCUT2D eigenvalue weighted by molar-refractivity contribution is 0.0949. The number of anilines is 1. The van der Waals surface area contributed by atoms with Crippen LogP contribution >= 0.6 is 11.3 Å². The van der Waals surface area contributed by atoms with Gasteiger partial charge in [0, 0.05) is 41.0 Å². The van der Waals surface area contributed by atoms with Crippen LogP contribution < -0.4 is 10.6 Å². The fourth-order valence-corrected chi connectivity index (χ4v) is 3.83. The van der Waals surface area contributed by atoms with Gasteiger partial charge in [-0.15, -0.1) is 11.3 Å². The molecule has 0 saturated heterocycles. The average molecular weight is 312 g/mol. The van der Waals surface area contributed by atoms with Gasteiger partial charge in [0.2, 0.25) is 0 Å². The average Bonchev–Trinajstić information content (AvgIpc) is 2.68. The molecule has 0 bridgehead atoms. The highest BCUT2D eigenvalue weighted by Crippen LogP contribution is 2.46. The molecule has 112 valence electrons. The summed E-state index contributed by atoms with van der Waals surface area (Å²) in [5.41, 5.74) is 2.60. The number of thiophene rings is 1. The minimum absolute atomic E-state index is 0.0167. The Morgan fingerprint density at radius 3 is 2.91 bits per heavy atom. The molecule has 0 radical (unpaired) electrons. The number of carbonyl (C=O) groups excluding carboxylic acids is 1. The Bertz CT molecular complexity index is 836. The van der Waals surface area contributed by atoms with Crippen LogP contribution in [0.2, 0.25) is 0 Å². The van der Waals surface area contributed by atoms with Gasteiger partial charge in [0.25, 0.3) is 5.91 Å². The molecule has 1 aromatic heterocycles. The second kappa shape index (κ2) is 4.91. The lowest BCUT2D eigenvalue weighted by Gasteiger charge is -2.10. The van der Waals surface area contributed by atoms with E-state index in [0.717, 1.165) is 32.0 Å². The van der Waals surface area contributed by atoms with Gasteiger partial charge in [-0.3, -0.25) is 14.8 Å². The van der Waals surface area contributed by atoms with E-state index in [1.54, 1.807) is 0 Å². The van der Waals surface area contributed by atoms with Crippen LogP contribution in [0.3, 0.4) is 0 Å². The minimum Gasteiger partial charge on any atom is -0.381 e. The van der Waals surface area contributed by atoms with Crippen LogP contribution in [0.15, 0.2) is 22.1 Å². The van der Waals surface area contributed by atoms with E-state index in [1.165, 1.54) is 11.3 Å². The molecule has 0 fully saturated rings. The predicted octanol–water partition coefficient (Wildman–Crippen LogP) is 3.50. The third-order valence-corrected chi connectivity index (χ3v) is 5.02. The highest BCUT2D eigenvalue weighted by atomic mass is 32.1. The third-order valence-electron chi connectivity index (χ3n) is 3.86. The van der Waals surface area contributed by atoms with Crippen LogP contribution in [0, 0.1) is 5.92 Å². The van der Waals surface area contributed by atoms with Gasteiger partial charge in [-0.1, -0.05) is 6.92 Å². The van der Waals surface area contributed by atoms with Crippen molar-refractivity contribution in [3.63, 3.8) is 0 Å². The lowest BCUT2D eigenvalue weighted by Crippen LogP contribution is -2.34. The van der Waals surface area contributed by atoms with Gasteiger partial charge in [0.05, 0.1) is 17.1 Å². The first-order valence-electron chi connectivity index (χ1n) is 7.36. The van der Waals surface area contributed by atoms with Crippen LogP contribution in [0.1, 0.15) is 23.5 Å². The van der Waals surface area contributed by atoms with Crippen molar-refractivity contribution >= 4 is 56.8 Å². The van der Waals surface area contributed by atoms with Crippen molar-refractivity contribution in [3.05, 3.63) is 17.0 Å². The molecule has 2 aliphatic heterocycles. The zero-order chi connectivity index (χ0) is 15.3. The molecule has 0 aliphatic carbocycles. The van der Waals surface area contributed by atoms with Crippen molar-refractivity contribution in [2.75, 3.05) is 11.9 Å². The zero-order valence-corrected chi connectivity index (χ0v) is 13.2. The van der Waals surface area contributed by atoms with E-state index in [4.69, 9.17) is 0 Å². The van der Waals surface area contributed by atoms with E-state index in [-0.39, 0.29) is 17.9 Å². The highest BCUT2D eigenvalue weighted by Gasteiger charge is 2.26. The molecule has 5 nitrogen and oxygen atoms in total. The third kappa shape index (κ3) is 2.02. The number of carbonyl (C=O) groups is 1. The second-order valence-electron chi connectivity index (χ2n) is 5.78. The number of hydrogen-bond acceptors (Lipinski definition) is 5. The number of amides is 1. The van der Waals surface area contributed by atoms with E-state index in [0.29, 0.717) is 6.54 Å². The van der Waals surface area contributed by atoms with Crippen LogP contribution in [0.5, 0.6) is 0 Å². The summed E-state index contributed by atoms with van der Waals surface area (Å²) in [4.78, 5) is 22.3. The first kappa shape index (κ1) is 13.5. The van der Waals surface area contributed by atoms with Gasteiger partial charge in [-0.25, -0.2) is 0 Å². The van der Waals surface area contributed by atoms with E-state index in [9.17, 15) is 4.79 Å². The first-order valence-corrected chi connectivity index (χ1v) is 8.18. The summed E-state index contributed by atoms with van der Waals surface area (Å²) >= 11 is 1.50. The molecule has 4 rings (SSSR count). The molecule has 22 heavy (non-hydrogen) atoms. The topological polar surface area (TPSA) is 65.8 Å². The van der Waals surface area contributed by atoms with Crippen LogP contribution in [-0.4, -0.2) is 30.9 Å². The number of rotatable bonds is 0. The number of nitrogens with one attached hydrogen (secondary N) is 2. The smallest absolute Gasteiger partial charge is 0.263 e. The second-order valence-corrected chi connectivity index (χ2v) is 6.84. The minimum atomic E-state index is -0.0167. The van der Waals surface area contributed by atoms with Gasteiger partial charge in [0.1, 0.15) is 4.88 Å². The van der Waals surface area contributed by atoms with E-state index < -0.39 is 0 Å². The molecule has 2 aliphatic rings. The summed E-state index contributed by atoms with van der Waals surface area (Å²) in [6.07, 6.45) is 3.80. The lowest BCUT2D eigenvalue weighted by atomic mass is 10.1. The number of hydrogen-bond donors (Lipinski definition) is 2. The first-order chi connectivity index (χ1) is 10.6. The number of aliphatic imine (C=N–C) groups is 2. The standard InChI is InChI=1S/C16H16N4OS/c1-8-5-17-10-3-4-11-12(13(10)18-6-8)14-15(22-11)16(21)20-9(2)7-19-14/h3-6,8-9,19H,7H2,1-2H3,(H,20,21). The van der Waals surface area contributed by atoms with Crippen molar-refractivity contribution in [1.29, 1.82) is 0 Å². The maximum atomic E-state index is 12.4. The number of fused-ring (bicyclic) bond motifs is 5. The fraction of sp³-hybridized carbons (Fsp3) is 0.312. The van der Waals surface area contributed by atoms with Crippen molar-refractivity contribution in [2.24, 2.45) is 15.9 Å². The van der Waals surface area contributed by atoms with E-state index >= 15 is 0 Å². The number of benzene rings is 1. The normalized spacial score (nSPS) is 23.3. The molecule has 0 spiro atoms. The fourth-order valence-electron chi connectivity index (χ4n) is 2.75. The monoisotopic (exact) mass is 312 g/mol. The molecule has 2 atom stereocenters. The van der Waals surface area contributed by atoms with Crippen molar-refractivity contribution in [3.8, 4) is 0 Å². The van der Waals surface area contributed by atoms with E-state index in [1.807, 2.05) is 31.5 Å². The molecule has 2 aromatic rings. The summed E-state index contributed by atoms with van der Waals surface area (Å²) in [6, 6.07) is 4.10. The SMILES string of the molecule is CC1C=Nc2ccc3sc4c(c3c2N=C1)NCC(C)NC4=O. The van der Waals surface area contributed by atoms with Gasteiger partial charge in [0.15, 0.2) is 0 Å². The van der Waals surface area contributed by atoms with Crippen LogP contribution in [0.4, 0.5) is 17.1 Å². The Labute approximate surface area is 132 Å². The highest BCUT2D eigenvalue weighted by molar-refractivity contribution is 7.21. The van der Waals surface area contributed by atoms with Crippen molar-refractivity contribution < 1.29 is 4.79 Å². The summed E-state index contributed by atoms with van der Waals surface area (Å²) in [5, 5.41) is 7.41. The van der Waals surface area contributed by atoms with Crippen molar-refractivity contribution in [1.82, 2.24) is 5.32 Å². The summed E-state index contributed by atoms with van der Waals surface area (Å²) in [5.74, 6) is 0.188. The maximum Gasteiger partial charge on any atom is 0.263 e. The largest absolute Gasteiger partial charge is 0.381 e. The Kier molecular flexibility index (Phi) is 3.00.